The zero-order valence-electron chi connectivity index (χ0n) is 9.03. The van der Waals surface area contributed by atoms with Gasteiger partial charge in [0.1, 0.15) is 5.82 Å². The third-order valence-electron chi connectivity index (χ3n) is 2.78. The molecule has 1 aromatic rings. The maximum absolute atomic E-state index is 4.68. The standard InChI is InChI=1S/C12H18N2/c1-10(2)11-6-5-7-12(13-11)14-8-3-4-9-14/h5-7,10H,3-4,8-9H2,1-2H3. The highest BCUT2D eigenvalue weighted by Gasteiger charge is 2.13. The second-order valence-corrected chi connectivity index (χ2v) is 4.27. The van der Waals surface area contributed by atoms with Crippen molar-refractivity contribution in [2.45, 2.75) is 32.6 Å². The van der Waals surface area contributed by atoms with E-state index in [0.717, 1.165) is 5.82 Å². The van der Waals surface area contributed by atoms with E-state index < -0.39 is 0 Å². The lowest BCUT2D eigenvalue weighted by Gasteiger charge is -2.17. The number of rotatable bonds is 2. The van der Waals surface area contributed by atoms with Crippen LogP contribution in [0.4, 0.5) is 5.82 Å². The Kier molecular flexibility index (Phi) is 2.71. The van der Waals surface area contributed by atoms with Gasteiger partial charge < -0.3 is 4.90 Å². The fourth-order valence-corrected chi connectivity index (χ4v) is 1.88. The summed E-state index contributed by atoms with van der Waals surface area (Å²) in [5.74, 6) is 1.69. The maximum atomic E-state index is 4.68. The van der Waals surface area contributed by atoms with Crippen molar-refractivity contribution in [2.75, 3.05) is 18.0 Å². The predicted molar refractivity (Wildman–Crippen MR) is 59.8 cm³/mol. The molecule has 1 aliphatic rings. The fraction of sp³-hybridized carbons (Fsp3) is 0.583. The summed E-state index contributed by atoms with van der Waals surface area (Å²) in [5.41, 5.74) is 1.20. The molecule has 0 aromatic carbocycles. The number of hydrogen-bond donors (Lipinski definition) is 0. The van der Waals surface area contributed by atoms with E-state index in [0.29, 0.717) is 5.92 Å². The summed E-state index contributed by atoms with van der Waals surface area (Å²) in [4.78, 5) is 7.06. The van der Waals surface area contributed by atoms with E-state index in [1.165, 1.54) is 31.6 Å². The van der Waals surface area contributed by atoms with Crippen LogP contribution in [0.15, 0.2) is 18.2 Å². The third kappa shape index (κ3) is 1.89. The van der Waals surface area contributed by atoms with E-state index in [1.807, 2.05) is 0 Å². The first-order valence-electron chi connectivity index (χ1n) is 5.49. The minimum Gasteiger partial charge on any atom is -0.357 e. The molecule has 0 unspecified atom stereocenters. The summed E-state index contributed by atoms with van der Waals surface area (Å²) in [6.07, 6.45) is 2.63. The molecule has 1 fully saturated rings. The highest BCUT2D eigenvalue weighted by Crippen LogP contribution is 2.20. The summed E-state index contributed by atoms with van der Waals surface area (Å²) >= 11 is 0. The van der Waals surface area contributed by atoms with Gasteiger partial charge in [0.05, 0.1) is 0 Å². The van der Waals surface area contributed by atoms with Crippen LogP contribution in [0.5, 0.6) is 0 Å². The molecule has 0 aliphatic carbocycles. The van der Waals surface area contributed by atoms with Crippen LogP contribution in [-0.4, -0.2) is 18.1 Å². The summed E-state index contributed by atoms with van der Waals surface area (Å²) < 4.78 is 0. The molecule has 76 valence electrons. The van der Waals surface area contributed by atoms with Gasteiger partial charge in [0.25, 0.3) is 0 Å². The van der Waals surface area contributed by atoms with Crippen LogP contribution in [0.1, 0.15) is 38.3 Å². The summed E-state index contributed by atoms with van der Waals surface area (Å²) in [6.45, 7) is 6.73. The molecule has 0 atom stereocenters. The molecule has 1 aromatic heterocycles. The van der Waals surface area contributed by atoms with Crippen molar-refractivity contribution in [3.8, 4) is 0 Å². The van der Waals surface area contributed by atoms with Crippen molar-refractivity contribution >= 4 is 5.82 Å². The van der Waals surface area contributed by atoms with Gasteiger partial charge in [-0.3, -0.25) is 0 Å². The monoisotopic (exact) mass is 190 g/mol. The zero-order valence-corrected chi connectivity index (χ0v) is 9.03. The van der Waals surface area contributed by atoms with E-state index in [1.54, 1.807) is 0 Å². The summed E-state index contributed by atoms with van der Waals surface area (Å²) in [6, 6.07) is 6.36. The molecule has 1 aliphatic heterocycles. The van der Waals surface area contributed by atoms with Gasteiger partial charge in [0.2, 0.25) is 0 Å². The highest BCUT2D eigenvalue weighted by molar-refractivity contribution is 5.40. The topological polar surface area (TPSA) is 16.1 Å². The summed E-state index contributed by atoms with van der Waals surface area (Å²) in [7, 11) is 0. The molecule has 14 heavy (non-hydrogen) atoms. The number of anilines is 1. The lowest BCUT2D eigenvalue weighted by molar-refractivity contribution is 0.811. The smallest absolute Gasteiger partial charge is 0.128 e. The molecule has 2 heteroatoms. The highest BCUT2D eigenvalue weighted by atomic mass is 15.2. The van der Waals surface area contributed by atoms with Gasteiger partial charge in [-0.25, -0.2) is 4.98 Å². The first-order chi connectivity index (χ1) is 6.77. The molecule has 2 heterocycles. The van der Waals surface area contributed by atoms with Gasteiger partial charge in [0, 0.05) is 18.8 Å². The molecule has 2 rings (SSSR count). The zero-order chi connectivity index (χ0) is 9.97. The number of aromatic nitrogens is 1. The van der Waals surface area contributed by atoms with Crippen LogP contribution in [0.2, 0.25) is 0 Å². The lowest BCUT2D eigenvalue weighted by Crippen LogP contribution is -2.19. The Labute approximate surface area is 86.0 Å². The molecule has 1 saturated heterocycles. The molecule has 0 N–H and O–H groups in total. The normalized spacial score (nSPS) is 16.6. The van der Waals surface area contributed by atoms with Crippen LogP contribution < -0.4 is 4.90 Å². The van der Waals surface area contributed by atoms with Crippen LogP contribution in [0.25, 0.3) is 0 Å². The molecular weight excluding hydrogens is 172 g/mol. The predicted octanol–water partition coefficient (Wildman–Crippen LogP) is 2.81. The van der Waals surface area contributed by atoms with Gasteiger partial charge in [-0.1, -0.05) is 19.9 Å². The lowest BCUT2D eigenvalue weighted by atomic mass is 10.1. The minimum atomic E-state index is 0.526. The molecule has 0 spiro atoms. The van der Waals surface area contributed by atoms with Crippen molar-refractivity contribution in [2.24, 2.45) is 0 Å². The van der Waals surface area contributed by atoms with Gasteiger partial charge in [-0.05, 0) is 30.9 Å². The van der Waals surface area contributed by atoms with Gasteiger partial charge in [-0.2, -0.15) is 0 Å². The average molecular weight is 190 g/mol. The molecule has 0 radical (unpaired) electrons. The second-order valence-electron chi connectivity index (χ2n) is 4.27. The first kappa shape index (κ1) is 9.50. The first-order valence-corrected chi connectivity index (χ1v) is 5.49. The van der Waals surface area contributed by atoms with E-state index >= 15 is 0 Å². The molecule has 0 bridgehead atoms. The minimum absolute atomic E-state index is 0.526. The molecule has 0 amide bonds. The molecule has 2 nitrogen and oxygen atoms in total. The Bertz CT molecular complexity index is 301. The van der Waals surface area contributed by atoms with E-state index in [-0.39, 0.29) is 0 Å². The number of pyridine rings is 1. The largest absolute Gasteiger partial charge is 0.357 e. The van der Waals surface area contributed by atoms with Gasteiger partial charge in [-0.15, -0.1) is 0 Å². The van der Waals surface area contributed by atoms with Gasteiger partial charge >= 0.3 is 0 Å². The Morgan fingerprint density at radius 1 is 1.21 bits per heavy atom. The Hall–Kier alpha value is -1.05. The van der Waals surface area contributed by atoms with Crippen molar-refractivity contribution in [3.63, 3.8) is 0 Å². The number of hydrogen-bond acceptors (Lipinski definition) is 2. The quantitative estimate of drug-likeness (QED) is 0.713. The van der Waals surface area contributed by atoms with Crippen LogP contribution in [0.3, 0.4) is 0 Å². The van der Waals surface area contributed by atoms with Crippen LogP contribution in [-0.2, 0) is 0 Å². The Morgan fingerprint density at radius 2 is 1.93 bits per heavy atom. The molecular formula is C12H18N2. The number of nitrogens with zero attached hydrogens (tertiary/aromatic N) is 2. The van der Waals surface area contributed by atoms with E-state index in [4.69, 9.17) is 0 Å². The summed E-state index contributed by atoms with van der Waals surface area (Å²) in [5, 5.41) is 0. The maximum Gasteiger partial charge on any atom is 0.128 e. The van der Waals surface area contributed by atoms with Crippen LogP contribution >= 0.6 is 0 Å². The average Bonchev–Trinajstić information content (AvgIpc) is 2.71. The van der Waals surface area contributed by atoms with Crippen LogP contribution in [0, 0.1) is 0 Å². The van der Waals surface area contributed by atoms with Crippen molar-refractivity contribution in [1.82, 2.24) is 4.98 Å². The second kappa shape index (κ2) is 3.99. The Balaban J connectivity index is 2.21. The van der Waals surface area contributed by atoms with Crippen molar-refractivity contribution in [3.05, 3.63) is 23.9 Å². The van der Waals surface area contributed by atoms with Crippen molar-refractivity contribution in [1.29, 1.82) is 0 Å². The fourth-order valence-electron chi connectivity index (χ4n) is 1.88. The third-order valence-corrected chi connectivity index (χ3v) is 2.78. The Morgan fingerprint density at radius 3 is 2.57 bits per heavy atom. The van der Waals surface area contributed by atoms with Crippen molar-refractivity contribution < 1.29 is 0 Å². The van der Waals surface area contributed by atoms with Gasteiger partial charge in [0.15, 0.2) is 0 Å². The van der Waals surface area contributed by atoms with E-state index in [9.17, 15) is 0 Å². The molecule has 0 saturated carbocycles. The van der Waals surface area contributed by atoms with E-state index in [2.05, 4.69) is 41.9 Å². The SMILES string of the molecule is CC(C)c1cccc(N2CCCC2)n1.